The molecule has 1 aliphatic heterocycles. The average Bonchev–Trinajstić information content (AvgIpc) is 3.24. The van der Waals surface area contributed by atoms with Crippen LogP contribution in [0, 0.1) is 18.3 Å². The van der Waals surface area contributed by atoms with E-state index in [1.165, 1.54) is 0 Å². The van der Waals surface area contributed by atoms with Crippen LogP contribution in [0.4, 0.5) is 0 Å². The number of carbonyl (C=O) groups is 1. The molecule has 1 unspecified atom stereocenters. The van der Waals surface area contributed by atoms with Gasteiger partial charge < -0.3 is 14.2 Å². The maximum atomic E-state index is 13.2. The molecule has 0 bridgehead atoms. The number of nitriles is 1. The first-order valence-electron chi connectivity index (χ1n) is 10.1. The molecule has 1 atom stereocenters. The smallest absolute Gasteiger partial charge is 0.257 e. The van der Waals surface area contributed by atoms with Gasteiger partial charge in [-0.3, -0.25) is 9.69 Å². The van der Waals surface area contributed by atoms with Gasteiger partial charge in [0.2, 0.25) is 11.7 Å². The Bertz CT molecular complexity index is 1070. The number of hydrogen-bond donors (Lipinski definition) is 0. The molecule has 3 aromatic rings. The number of ether oxygens (including phenoxy) is 1. The van der Waals surface area contributed by atoms with Gasteiger partial charge >= 0.3 is 0 Å². The average molecular weight is 417 g/mol. The van der Waals surface area contributed by atoms with E-state index in [2.05, 4.69) is 21.1 Å². The number of aryl methyl sites for hydroxylation is 1. The van der Waals surface area contributed by atoms with Crippen LogP contribution in [0.15, 0.2) is 59.1 Å². The normalized spacial score (nSPS) is 15.3. The van der Waals surface area contributed by atoms with Gasteiger partial charge in [-0.1, -0.05) is 47.6 Å². The van der Waals surface area contributed by atoms with Crippen molar-refractivity contribution in [3.05, 3.63) is 77.4 Å². The van der Waals surface area contributed by atoms with Crippen LogP contribution in [-0.4, -0.2) is 52.0 Å². The molecular weight excluding hydrogens is 394 g/mol. The van der Waals surface area contributed by atoms with Crippen molar-refractivity contribution in [3.8, 4) is 11.8 Å². The van der Waals surface area contributed by atoms with Crippen molar-refractivity contribution < 1.29 is 14.1 Å². The van der Waals surface area contributed by atoms with Crippen molar-refractivity contribution in [2.75, 3.05) is 26.2 Å². The first-order chi connectivity index (χ1) is 15.2. The highest BCUT2D eigenvalue weighted by atomic mass is 16.5. The molecule has 2 heterocycles. The van der Waals surface area contributed by atoms with E-state index >= 15 is 0 Å². The second-order valence-electron chi connectivity index (χ2n) is 7.28. The molecule has 0 aliphatic carbocycles. The van der Waals surface area contributed by atoms with Gasteiger partial charge in [0.25, 0.3) is 5.91 Å². The summed E-state index contributed by atoms with van der Waals surface area (Å²) in [4.78, 5) is 21.2. The molecule has 158 valence electrons. The Morgan fingerprint density at radius 3 is 2.52 bits per heavy atom. The fourth-order valence-corrected chi connectivity index (χ4v) is 3.67. The van der Waals surface area contributed by atoms with E-state index in [0.717, 1.165) is 5.56 Å². The minimum Gasteiger partial charge on any atom is -0.485 e. The second kappa shape index (κ2) is 9.41. The minimum atomic E-state index is -0.313. The zero-order chi connectivity index (χ0) is 21.6. The summed E-state index contributed by atoms with van der Waals surface area (Å²) in [6.45, 7) is 4.18. The summed E-state index contributed by atoms with van der Waals surface area (Å²) in [5, 5.41) is 13.5. The summed E-state index contributed by atoms with van der Waals surface area (Å²) in [6, 6.07) is 19.0. The molecule has 1 fully saturated rings. The number of rotatable bonds is 6. The first-order valence-corrected chi connectivity index (χ1v) is 10.1. The molecule has 8 heteroatoms. The predicted octanol–water partition coefficient (Wildman–Crippen LogP) is 2.98. The first kappa shape index (κ1) is 20.6. The Balaban J connectivity index is 1.40. The molecule has 0 N–H and O–H groups in total. The number of para-hydroxylation sites is 1. The van der Waals surface area contributed by atoms with E-state index < -0.39 is 0 Å². The lowest BCUT2D eigenvalue weighted by molar-refractivity contribution is 0.0602. The molecule has 1 aliphatic rings. The van der Waals surface area contributed by atoms with E-state index in [-0.39, 0.29) is 18.6 Å². The van der Waals surface area contributed by atoms with Crippen LogP contribution in [-0.2, 0) is 6.61 Å². The van der Waals surface area contributed by atoms with Crippen molar-refractivity contribution in [2.24, 2.45) is 0 Å². The zero-order valence-corrected chi connectivity index (χ0v) is 17.3. The lowest BCUT2D eigenvalue weighted by Crippen LogP contribution is -2.49. The van der Waals surface area contributed by atoms with Gasteiger partial charge in [-0.25, -0.2) is 0 Å². The van der Waals surface area contributed by atoms with Crippen molar-refractivity contribution >= 4 is 5.91 Å². The Morgan fingerprint density at radius 1 is 1.13 bits per heavy atom. The fourth-order valence-electron chi connectivity index (χ4n) is 3.67. The van der Waals surface area contributed by atoms with Crippen LogP contribution < -0.4 is 4.74 Å². The zero-order valence-electron chi connectivity index (χ0n) is 17.3. The molecule has 1 aromatic heterocycles. The highest BCUT2D eigenvalue weighted by Crippen LogP contribution is 2.24. The minimum absolute atomic E-state index is 0.0900. The lowest BCUT2D eigenvalue weighted by Gasteiger charge is -2.37. The van der Waals surface area contributed by atoms with E-state index in [1.54, 1.807) is 24.0 Å². The van der Waals surface area contributed by atoms with Crippen molar-refractivity contribution in [3.63, 3.8) is 0 Å². The molecular formula is C23H23N5O3. The summed E-state index contributed by atoms with van der Waals surface area (Å²) < 4.78 is 10.7. The third-order valence-corrected chi connectivity index (χ3v) is 5.25. The molecule has 2 aromatic carbocycles. The Morgan fingerprint density at radius 2 is 1.84 bits per heavy atom. The quantitative estimate of drug-likeness (QED) is 0.608. The van der Waals surface area contributed by atoms with Gasteiger partial charge in [-0.05, 0) is 17.7 Å². The van der Waals surface area contributed by atoms with Gasteiger partial charge in [0, 0.05) is 33.1 Å². The summed E-state index contributed by atoms with van der Waals surface area (Å²) in [7, 11) is 0. The van der Waals surface area contributed by atoms with Crippen LogP contribution in [0.5, 0.6) is 5.75 Å². The van der Waals surface area contributed by atoms with Gasteiger partial charge in [0.05, 0.1) is 11.6 Å². The highest BCUT2D eigenvalue weighted by molar-refractivity contribution is 5.97. The largest absolute Gasteiger partial charge is 0.485 e. The second-order valence-corrected chi connectivity index (χ2v) is 7.28. The summed E-state index contributed by atoms with van der Waals surface area (Å²) >= 11 is 0. The lowest BCUT2D eigenvalue weighted by atomic mass is 10.1. The van der Waals surface area contributed by atoms with E-state index in [0.29, 0.717) is 49.2 Å². The number of benzene rings is 2. The Hall–Kier alpha value is -3.70. The van der Waals surface area contributed by atoms with E-state index in [4.69, 9.17) is 9.26 Å². The van der Waals surface area contributed by atoms with Crippen molar-refractivity contribution in [2.45, 2.75) is 19.6 Å². The van der Waals surface area contributed by atoms with Gasteiger partial charge in [0.1, 0.15) is 11.8 Å². The van der Waals surface area contributed by atoms with Gasteiger partial charge in [0.15, 0.2) is 6.61 Å². The van der Waals surface area contributed by atoms with Crippen LogP contribution >= 0.6 is 0 Å². The molecule has 0 saturated carbocycles. The van der Waals surface area contributed by atoms with E-state index in [1.807, 2.05) is 42.5 Å². The molecule has 8 nitrogen and oxygen atoms in total. The number of amides is 1. The summed E-state index contributed by atoms with van der Waals surface area (Å²) in [6.07, 6.45) is 0. The standard InChI is InChI=1S/C23H23N5O3/c1-17-25-22(26-31-17)16-30-21-10-6-5-9-19(21)23(29)28-13-11-27(12-14-28)20(15-24)18-7-3-2-4-8-18/h2-10,20H,11-14,16H2,1H3. The van der Waals surface area contributed by atoms with Crippen LogP contribution in [0.3, 0.4) is 0 Å². The summed E-state index contributed by atoms with van der Waals surface area (Å²) in [5.74, 6) is 1.29. The number of hydrogen-bond acceptors (Lipinski definition) is 7. The SMILES string of the molecule is Cc1nc(COc2ccccc2C(=O)N2CCN(C(C#N)c3ccccc3)CC2)no1. The molecule has 1 saturated heterocycles. The summed E-state index contributed by atoms with van der Waals surface area (Å²) in [5.41, 5.74) is 1.47. The Labute approximate surface area is 180 Å². The fraction of sp³-hybridized carbons (Fsp3) is 0.304. The third kappa shape index (κ3) is 4.73. The molecule has 0 radical (unpaired) electrons. The predicted molar refractivity (Wildman–Crippen MR) is 112 cm³/mol. The maximum absolute atomic E-state index is 13.2. The van der Waals surface area contributed by atoms with Gasteiger partial charge in [-0.2, -0.15) is 10.2 Å². The maximum Gasteiger partial charge on any atom is 0.257 e. The number of carbonyl (C=O) groups excluding carboxylic acids is 1. The molecule has 31 heavy (non-hydrogen) atoms. The van der Waals surface area contributed by atoms with Gasteiger partial charge in [-0.15, -0.1) is 0 Å². The number of aromatic nitrogens is 2. The van der Waals surface area contributed by atoms with Crippen LogP contribution in [0.25, 0.3) is 0 Å². The third-order valence-electron chi connectivity index (χ3n) is 5.25. The highest BCUT2D eigenvalue weighted by Gasteiger charge is 2.28. The topological polar surface area (TPSA) is 95.5 Å². The van der Waals surface area contributed by atoms with Crippen molar-refractivity contribution in [1.29, 1.82) is 5.26 Å². The Kier molecular flexibility index (Phi) is 6.24. The van der Waals surface area contributed by atoms with Crippen LogP contribution in [0.1, 0.15) is 33.7 Å². The molecule has 0 spiro atoms. The number of nitrogens with zero attached hydrogens (tertiary/aromatic N) is 5. The molecule has 4 rings (SSSR count). The number of piperazine rings is 1. The van der Waals surface area contributed by atoms with Crippen molar-refractivity contribution in [1.82, 2.24) is 19.9 Å². The van der Waals surface area contributed by atoms with Crippen LogP contribution in [0.2, 0.25) is 0 Å². The molecule has 1 amide bonds. The monoisotopic (exact) mass is 417 g/mol. The van der Waals surface area contributed by atoms with E-state index in [9.17, 15) is 10.1 Å².